The summed E-state index contributed by atoms with van der Waals surface area (Å²) in [4.78, 5) is 0. The van der Waals surface area contributed by atoms with Crippen LogP contribution in [0.2, 0.25) is 5.02 Å². The maximum Gasteiger partial charge on any atom is 0.0772 e. The lowest BCUT2D eigenvalue weighted by Gasteiger charge is -2.09. The molecule has 0 aromatic heterocycles. The van der Waals surface area contributed by atoms with Gasteiger partial charge < -0.3 is 5.11 Å². The van der Waals surface area contributed by atoms with Gasteiger partial charge in [0.05, 0.1) is 6.10 Å². The van der Waals surface area contributed by atoms with Crippen LogP contribution in [0.1, 0.15) is 24.2 Å². The topological polar surface area (TPSA) is 20.2 Å². The Labute approximate surface area is 85.5 Å². The molecule has 0 spiro atoms. The molecule has 1 aromatic rings. The first-order valence-electron chi connectivity index (χ1n) is 3.66. The molecular weight excluding hydrogens is 239 g/mol. The second-order valence-electron chi connectivity index (χ2n) is 2.80. The van der Waals surface area contributed by atoms with Crippen LogP contribution >= 0.6 is 27.5 Å². The SMILES string of the molecule is Cc1cc(C(C)O)c(Br)cc1Cl. The van der Waals surface area contributed by atoms with E-state index in [1.54, 1.807) is 13.0 Å². The van der Waals surface area contributed by atoms with Crippen molar-refractivity contribution in [3.8, 4) is 0 Å². The third kappa shape index (κ3) is 2.00. The van der Waals surface area contributed by atoms with Gasteiger partial charge in [-0.05, 0) is 31.0 Å². The summed E-state index contributed by atoms with van der Waals surface area (Å²) in [5.41, 5.74) is 1.85. The lowest BCUT2D eigenvalue weighted by atomic mass is 10.1. The van der Waals surface area contributed by atoms with Crippen molar-refractivity contribution in [2.75, 3.05) is 0 Å². The molecule has 0 heterocycles. The minimum absolute atomic E-state index is 0.463. The minimum atomic E-state index is -0.463. The molecule has 12 heavy (non-hydrogen) atoms. The second kappa shape index (κ2) is 3.77. The van der Waals surface area contributed by atoms with Crippen LogP contribution in [0.5, 0.6) is 0 Å². The molecule has 1 aromatic carbocycles. The Morgan fingerprint density at radius 3 is 2.58 bits per heavy atom. The first-order chi connectivity index (χ1) is 5.52. The van der Waals surface area contributed by atoms with Gasteiger partial charge in [-0.1, -0.05) is 33.6 Å². The first kappa shape index (κ1) is 10.0. The smallest absolute Gasteiger partial charge is 0.0772 e. The summed E-state index contributed by atoms with van der Waals surface area (Å²) in [7, 11) is 0. The van der Waals surface area contributed by atoms with Crippen LogP contribution in [-0.2, 0) is 0 Å². The fourth-order valence-electron chi connectivity index (χ4n) is 1.000. The largest absolute Gasteiger partial charge is 0.389 e. The Morgan fingerprint density at radius 1 is 1.50 bits per heavy atom. The molecule has 0 saturated heterocycles. The Bertz CT molecular complexity index is 297. The van der Waals surface area contributed by atoms with E-state index in [0.717, 1.165) is 15.6 Å². The Morgan fingerprint density at radius 2 is 2.08 bits per heavy atom. The van der Waals surface area contributed by atoms with Crippen molar-refractivity contribution in [2.45, 2.75) is 20.0 Å². The Hall–Kier alpha value is -0.0500. The highest BCUT2D eigenvalue weighted by molar-refractivity contribution is 9.10. The second-order valence-corrected chi connectivity index (χ2v) is 4.06. The quantitative estimate of drug-likeness (QED) is 0.808. The van der Waals surface area contributed by atoms with Crippen LogP contribution in [0.3, 0.4) is 0 Å². The van der Waals surface area contributed by atoms with Crippen LogP contribution in [0.15, 0.2) is 16.6 Å². The highest BCUT2D eigenvalue weighted by Crippen LogP contribution is 2.28. The molecule has 0 aliphatic rings. The van der Waals surface area contributed by atoms with Gasteiger partial charge in [0.1, 0.15) is 0 Å². The van der Waals surface area contributed by atoms with Crippen molar-refractivity contribution in [1.29, 1.82) is 0 Å². The predicted octanol–water partition coefficient (Wildman–Crippen LogP) is 3.46. The van der Waals surface area contributed by atoms with E-state index in [1.165, 1.54) is 0 Å². The van der Waals surface area contributed by atoms with Gasteiger partial charge in [0.25, 0.3) is 0 Å². The van der Waals surface area contributed by atoms with Gasteiger partial charge in [-0.15, -0.1) is 0 Å². The number of aliphatic hydroxyl groups excluding tert-OH is 1. The average Bonchev–Trinajstić information content (AvgIpc) is 1.96. The number of hydrogen-bond acceptors (Lipinski definition) is 1. The normalized spacial score (nSPS) is 13.1. The standard InChI is InChI=1S/C9H10BrClO/c1-5-3-7(6(2)12)8(10)4-9(5)11/h3-4,6,12H,1-2H3. The van der Waals surface area contributed by atoms with Gasteiger partial charge in [0, 0.05) is 9.50 Å². The number of hydrogen-bond donors (Lipinski definition) is 1. The van der Waals surface area contributed by atoms with Gasteiger partial charge >= 0.3 is 0 Å². The van der Waals surface area contributed by atoms with Gasteiger partial charge in [0.15, 0.2) is 0 Å². The molecule has 0 radical (unpaired) electrons. The number of aliphatic hydroxyl groups is 1. The molecule has 1 atom stereocenters. The summed E-state index contributed by atoms with van der Waals surface area (Å²) >= 11 is 9.22. The molecule has 1 rings (SSSR count). The molecule has 0 amide bonds. The average molecular weight is 250 g/mol. The molecular formula is C9H10BrClO. The number of rotatable bonds is 1. The summed E-state index contributed by atoms with van der Waals surface area (Å²) in [5.74, 6) is 0. The van der Waals surface area contributed by atoms with E-state index < -0.39 is 6.10 Å². The Balaban J connectivity index is 3.23. The van der Waals surface area contributed by atoms with Crippen LogP contribution < -0.4 is 0 Å². The maximum absolute atomic E-state index is 9.35. The fraction of sp³-hybridized carbons (Fsp3) is 0.333. The van der Waals surface area contributed by atoms with Gasteiger partial charge in [-0.2, -0.15) is 0 Å². The maximum atomic E-state index is 9.35. The molecule has 0 aliphatic heterocycles. The zero-order chi connectivity index (χ0) is 9.30. The zero-order valence-corrected chi connectivity index (χ0v) is 9.28. The van der Waals surface area contributed by atoms with E-state index in [9.17, 15) is 5.11 Å². The molecule has 1 unspecified atom stereocenters. The van der Waals surface area contributed by atoms with E-state index in [2.05, 4.69) is 15.9 Å². The first-order valence-corrected chi connectivity index (χ1v) is 4.83. The molecule has 0 saturated carbocycles. The highest BCUT2D eigenvalue weighted by atomic mass is 79.9. The summed E-state index contributed by atoms with van der Waals surface area (Å²) in [6.45, 7) is 3.65. The van der Waals surface area contributed by atoms with E-state index in [-0.39, 0.29) is 0 Å². The predicted molar refractivity (Wildman–Crippen MR) is 54.5 cm³/mol. The van der Waals surface area contributed by atoms with Crippen LogP contribution in [0, 0.1) is 6.92 Å². The number of benzene rings is 1. The molecule has 66 valence electrons. The van der Waals surface area contributed by atoms with Crippen molar-refractivity contribution < 1.29 is 5.11 Å². The van der Waals surface area contributed by atoms with Crippen molar-refractivity contribution >= 4 is 27.5 Å². The Kier molecular flexibility index (Phi) is 3.16. The lowest BCUT2D eigenvalue weighted by molar-refractivity contribution is 0.198. The van der Waals surface area contributed by atoms with Crippen molar-refractivity contribution in [2.24, 2.45) is 0 Å². The van der Waals surface area contributed by atoms with Gasteiger partial charge in [0.2, 0.25) is 0 Å². The van der Waals surface area contributed by atoms with Crippen LogP contribution in [0.4, 0.5) is 0 Å². The minimum Gasteiger partial charge on any atom is -0.389 e. The van der Waals surface area contributed by atoms with E-state index in [4.69, 9.17) is 11.6 Å². The third-order valence-corrected chi connectivity index (χ3v) is 2.82. The monoisotopic (exact) mass is 248 g/mol. The summed E-state index contributed by atoms with van der Waals surface area (Å²) in [6.07, 6.45) is -0.463. The molecule has 1 N–H and O–H groups in total. The van der Waals surface area contributed by atoms with Gasteiger partial charge in [-0.25, -0.2) is 0 Å². The van der Waals surface area contributed by atoms with E-state index >= 15 is 0 Å². The van der Waals surface area contributed by atoms with Gasteiger partial charge in [-0.3, -0.25) is 0 Å². The van der Waals surface area contributed by atoms with Crippen molar-refractivity contribution in [3.63, 3.8) is 0 Å². The molecule has 3 heteroatoms. The zero-order valence-electron chi connectivity index (χ0n) is 6.94. The number of halogens is 2. The van der Waals surface area contributed by atoms with Crippen molar-refractivity contribution in [1.82, 2.24) is 0 Å². The summed E-state index contributed by atoms with van der Waals surface area (Å²) in [6, 6.07) is 3.69. The van der Waals surface area contributed by atoms with Crippen LogP contribution in [-0.4, -0.2) is 5.11 Å². The highest BCUT2D eigenvalue weighted by Gasteiger charge is 2.08. The molecule has 0 bridgehead atoms. The van der Waals surface area contributed by atoms with E-state index in [0.29, 0.717) is 5.02 Å². The van der Waals surface area contributed by atoms with Crippen LogP contribution in [0.25, 0.3) is 0 Å². The number of aryl methyl sites for hydroxylation is 1. The molecule has 0 fully saturated rings. The van der Waals surface area contributed by atoms with E-state index in [1.807, 2.05) is 13.0 Å². The molecule has 1 nitrogen and oxygen atoms in total. The van der Waals surface area contributed by atoms with Crippen molar-refractivity contribution in [3.05, 3.63) is 32.8 Å². The fourth-order valence-corrected chi connectivity index (χ4v) is 1.97. The lowest BCUT2D eigenvalue weighted by Crippen LogP contribution is -1.93. The summed E-state index contributed by atoms with van der Waals surface area (Å²) in [5, 5.41) is 10.1. The summed E-state index contributed by atoms with van der Waals surface area (Å²) < 4.78 is 0.855. The third-order valence-electron chi connectivity index (χ3n) is 1.73. The molecule has 0 aliphatic carbocycles.